The predicted molar refractivity (Wildman–Crippen MR) is 84.7 cm³/mol. The van der Waals surface area contributed by atoms with Crippen LogP contribution in [0.15, 0.2) is 48.4 Å². The van der Waals surface area contributed by atoms with Crippen LogP contribution in [0.5, 0.6) is 0 Å². The third kappa shape index (κ3) is 5.47. The lowest BCUT2D eigenvalue weighted by atomic mass is 9.79. The van der Waals surface area contributed by atoms with E-state index in [1.54, 1.807) is 0 Å². The third-order valence-corrected chi connectivity index (χ3v) is 3.76. The number of rotatable bonds is 6. The van der Waals surface area contributed by atoms with Crippen LogP contribution >= 0.6 is 0 Å². The van der Waals surface area contributed by atoms with E-state index in [4.69, 9.17) is 4.74 Å². The SMILES string of the molecule is CNC(=O)[C@@H]1C=C(OCC(F)(F)F)C=C[C@]1(OCC(F)(F)F)c1ccccn1. The highest BCUT2D eigenvalue weighted by molar-refractivity contribution is 5.82. The van der Waals surface area contributed by atoms with Crippen LogP contribution < -0.4 is 5.32 Å². The van der Waals surface area contributed by atoms with Crippen molar-refractivity contribution in [2.24, 2.45) is 5.92 Å². The minimum atomic E-state index is -4.71. The summed E-state index contributed by atoms with van der Waals surface area (Å²) in [5.41, 5.74) is -2.00. The van der Waals surface area contributed by atoms with E-state index in [2.05, 4.69) is 15.0 Å². The Morgan fingerprint density at radius 1 is 1.18 bits per heavy atom. The van der Waals surface area contributed by atoms with Crippen LogP contribution in [0.2, 0.25) is 0 Å². The number of alkyl halides is 6. The van der Waals surface area contributed by atoms with Crippen LogP contribution in [-0.2, 0) is 19.9 Å². The lowest BCUT2D eigenvalue weighted by Gasteiger charge is -2.38. The first-order chi connectivity index (χ1) is 13.0. The van der Waals surface area contributed by atoms with Gasteiger partial charge in [0, 0.05) is 13.2 Å². The summed E-state index contributed by atoms with van der Waals surface area (Å²) in [6.07, 6.45) is -4.99. The molecule has 2 rings (SSSR count). The zero-order chi connectivity index (χ0) is 21.0. The summed E-state index contributed by atoms with van der Waals surface area (Å²) in [4.78, 5) is 16.3. The van der Waals surface area contributed by atoms with Crippen molar-refractivity contribution >= 4 is 5.91 Å². The van der Waals surface area contributed by atoms with E-state index in [9.17, 15) is 31.1 Å². The molecule has 11 heteroatoms. The Hall–Kier alpha value is -2.56. The molecule has 2 atom stereocenters. The van der Waals surface area contributed by atoms with Gasteiger partial charge in [0.1, 0.15) is 18.0 Å². The van der Waals surface area contributed by atoms with Gasteiger partial charge in [0.25, 0.3) is 0 Å². The number of nitrogens with zero attached hydrogens (tertiary/aromatic N) is 1. The Morgan fingerprint density at radius 3 is 2.39 bits per heavy atom. The molecule has 0 fully saturated rings. The number of allylic oxidation sites excluding steroid dienone is 1. The van der Waals surface area contributed by atoms with Gasteiger partial charge in [-0.05, 0) is 30.4 Å². The average Bonchev–Trinajstić information content (AvgIpc) is 2.64. The number of nitrogens with one attached hydrogen (secondary N) is 1. The van der Waals surface area contributed by atoms with Crippen molar-refractivity contribution < 1.29 is 40.6 Å². The quantitative estimate of drug-likeness (QED) is 0.732. The first-order valence-electron chi connectivity index (χ1n) is 7.91. The summed E-state index contributed by atoms with van der Waals surface area (Å²) in [6, 6.07) is 4.34. The molecular weight excluding hydrogens is 394 g/mol. The number of halogens is 6. The average molecular weight is 410 g/mol. The van der Waals surface area contributed by atoms with E-state index in [1.807, 2.05) is 0 Å². The van der Waals surface area contributed by atoms with Crippen LogP contribution in [-0.4, -0.2) is 43.5 Å². The Kier molecular flexibility index (Phi) is 6.37. The fourth-order valence-corrected chi connectivity index (χ4v) is 2.59. The Balaban J connectivity index is 2.46. The molecular formula is C17H16F6N2O3. The highest BCUT2D eigenvalue weighted by Crippen LogP contribution is 2.41. The number of carbonyl (C=O) groups excluding carboxylic acids is 1. The number of hydrogen-bond donors (Lipinski definition) is 1. The molecule has 0 bridgehead atoms. The number of pyridine rings is 1. The van der Waals surface area contributed by atoms with Crippen molar-refractivity contribution in [1.29, 1.82) is 0 Å². The maximum atomic E-state index is 12.8. The van der Waals surface area contributed by atoms with Crippen LogP contribution in [0.1, 0.15) is 5.69 Å². The van der Waals surface area contributed by atoms with Crippen molar-refractivity contribution in [2.75, 3.05) is 20.3 Å². The minimum Gasteiger partial charge on any atom is -0.484 e. The van der Waals surface area contributed by atoms with Crippen molar-refractivity contribution in [1.82, 2.24) is 10.3 Å². The van der Waals surface area contributed by atoms with Gasteiger partial charge in [0.15, 0.2) is 6.61 Å². The molecule has 1 N–H and O–H groups in total. The molecule has 1 heterocycles. The fraction of sp³-hybridized carbons (Fsp3) is 0.412. The van der Waals surface area contributed by atoms with Gasteiger partial charge < -0.3 is 14.8 Å². The molecule has 28 heavy (non-hydrogen) atoms. The summed E-state index contributed by atoms with van der Waals surface area (Å²) in [5, 5.41) is 2.27. The second-order valence-corrected chi connectivity index (χ2v) is 5.81. The molecule has 154 valence electrons. The highest BCUT2D eigenvalue weighted by Gasteiger charge is 2.48. The summed E-state index contributed by atoms with van der Waals surface area (Å²) in [7, 11) is 1.23. The maximum Gasteiger partial charge on any atom is 0.422 e. The van der Waals surface area contributed by atoms with Crippen molar-refractivity contribution in [3.63, 3.8) is 0 Å². The van der Waals surface area contributed by atoms with Crippen LogP contribution in [0, 0.1) is 5.92 Å². The van der Waals surface area contributed by atoms with Crippen LogP contribution in [0.4, 0.5) is 26.3 Å². The van der Waals surface area contributed by atoms with Gasteiger partial charge in [-0.2, -0.15) is 26.3 Å². The van der Waals surface area contributed by atoms with E-state index in [1.165, 1.54) is 31.4 Å². The molecule has 0 aliphatic heterocycles. The minimum absolute atomic E-state index is 0.0183. The van der Waals surface area contributed by atoms with E-state index < -0.39 is 43.0 Å². The molecule has 0 saturated heterocycles. The zero-order valence-electron chi connectivity index (χ0n) is 14.5. The summed E-state index contributed by atoms with van der Waals surface area (Å²) in [6.45, 7) is -3.32. The van der Waals surface area contributed by atoms with Crippen LogP contribution in [0.25, 0.3) is 0 Å². The number of ether oxygens (including phenoxy) is 2. The smallest absolute Gasteiger partial charge is 0.422 e. The first kappa shape index (κ1) is 21.7. The highest BCUT2D eigenvalue weighted by atomic mass is 19.4. The summed E-state index contributed by atoms with van der Waals surface area (Å²) < 4.78 is 85.3. The molecule has 0 aromatic carbocycles. The number of hydrogen-bond acceptors (Lipinski definition) is 4. The molecule has 1 aliphatic carbocycles. The van der Waals surface area contributed by atoms with Crippen molar-refractivity contribution in [2.45, 2.75) is 18.0 Å². The largest absolute Gasteiger partial charge is 0.484 e. The number of amides is 1. The summed E-state index contributed by atoms with van der Waals surface area (Å²) >= 11 is 0. The topological polar surface area (TPSA) is 60.5 Å². The molecule has 0 radical (unpaired) electrons. The molecule has 1 amide bonds. The lowest BCUT2D eigenvalue weighted by molar-refractivity contribution is -0.207. The Labute approximate surface area is 156 Å². The molecule has 5 nitrogen and oxygen atoms in total. The summed E-state index contributed by atoms with van der Waals surface area (Å²) in [5.74, 6) is -2.57. The third-order valence-electron chi connectivity index (χ3n) is 3.76. The van der Waals surface area contributed by atoms with Gasteiger partial charge in [-0.15, -0.1) is 0 Å². The Bertz CT molecular complexity index is 745. The van der Waals surface area contributed by atoms with Crippen LogP contribution in [0.3, 0.4) is 0 Å². The second-order valence-electron chi connectivity index (χ2n) is 5.81. The van der Waals surface area contributed by atoms with E-state index in [0.717, 1.165) is 18.2 Å². The van der Waals surface area contributed by atoms with E-state index in [0.29, 0.717) is 0 Å². The molecule has 1 aromatic rings. The monoisotopic (exact) mass is 410 g/mol. The molecule has 0 saturated carbocycles. The standard InChI is InChI=1S/C17H16F6N2O3/c1-24-14(26)12-8-11(27-9-16(18,19)20)5-6-15(12,28-10-17(21,22)23)13-4-2-3-7-25-13/h2-8,12H,9-10H2,1H3,(H,24,26)/t12-,15+/m0/s1. The van der Waals surface area contributed by atoms with Crippen molar-refractivity contribution in [3.05, 3.63) is 54.1 Å². The molecule has 1 aliphatic rings. The number of carbonyl (C=O) groups is 1. The van der Waals surface area contributed by atoms with Gasteiger partial charge in [-0.25, -0.2) is 0 Å². The normalized spacial score (nSPS) is 22.5. The van der Waals surface area contributed by atoms with E-state index in [-0.39, 0.29) is 11.5 Å². The first-order valence-corrected chi connectivity index (χ1v) is 7.91. The van der Waals surface area contributed by atoms with Gasteiger partial charge in [0.2, 0.25) is 5.91 Å². The van der Waals surface area contributed by atoms with Gasteiger partial charge >= 0.3 is 12.4 Å². The lowest BCUT2D eigenvalue weighted by Crippen LogP contribution is -2.47. The van der Waals surface area contributed by atoms with Gasteiger partial charge in [-0.1, -0.05) is 6.07 Å². The molecule has 0 spiro atoms. The van der Waals surface area contributed by atoms with Crippen molar-refractivity contribution in [3.8, 4) is 0 Å². The predicted octanol–water partition coefficient (Wildman–Crippen LogP) is 3.25. The Morgan fingerprint density at radius 2 is 1.86 bits per heavy atom. The molecule has 1 aromatic heterocycles. The van der Waals surface area contributed by atoms with Gasteiger partial charge in [0.05, 0.1) is 11.6 Å². The second kappa shape index (κ2) is 8.21. The molecule has 0 unspecified atom stereocenters. The maximum absolute atomic E-state index is 12.8. The number of aromatic nitrogens is 1. The zero-order valence-corrected chi connectivity index (χ0v) is 14.5. The fourth-order valence-electron chi connectivity index (χ4n) is 2.59. The van der Waals surface area contributed by atoms with E-state index >= 15 is 0 Å². The van der Waals surface area contributed by atoms with Gasteiger partial charge in [-0.3, -0.25) is 9.78 Å².